The maximum Gasteiger partial charge on any atom is 0.269 e. The molecule has 0 saturated carbocycles. The molecule has 0 saturated heterocycles. The Balaban J connectivity index is 1.81. The van der Waals surface area contributed by atoms with Crippen molar-refractivity contribution in [1.82, 2.24) is 9.97 Å². The largest absolute Gasteiger partial charge is 0.269 e. The molecule has 2 heterocycles. The van der Waals surface area contributed by atoms with Gasteiger partial charge in [-0.15, -0.1) is 0 Å². The van der Waals surface area contributed by atoms with Gasteiger partial charge in [0.15, 0.2) is 0 Å². The minimum Gasteiger partial charge on any atom is -0.265 e. The van der Waals surface area contributed by atoms with Crippen LogP contribution < -0.4 is 0 Å². The fourth-order valence-electron chi connectivity index (χ4n) is 3.14. The van der Waals surface area contributed by atoms with Crippen molar-refractivity contribution in [3.8, 4) is 21.7 Å². The van der Waals surface area contributed by atoms with Gasteiger partial charge >= 0.3 is 0 Å². The monoisotopic (exact) mass is 414 g/mol. The van der Waals surface area contributed by atoms with Crippen molar-refractivity contribution in [2.45, 2.75) is 13.8 Å². The number of nitro benzene ring substituents is 1. The number of rotatable bonds is 5. The zero-order valence-electron chi connectivity index (χ0n) is 16.4. The van der Waals surface area contributed by atoms with Gasteiger partial charge < -0.3 is 0 Å². The summed E-state index contributed by atoms with van der Waals surface area (Å²) in [4.78, 5) is 24.9. The number of nitrogens with zero attached hydrogens (tertiary/aromatic N) is 4. The summed E-state index contributed by atoms with van der Waals surface area (Å²) in [6.07, 6.45) is 5.19. The molecule has 148 valence electrons. The predicted molar refractivity (Wildman–Crippen MR) is 121 cm³/mol. The first-order chi connectivity index (χ1) is 14.5. The smallest absolute Gasteiger partial charge is 0.265 e. The molecule has 0 aliphatic carbocycles. The number of benzene rings is 2. The summed E-state index contributed by atoms with van der Waals surface area (Å²) < 4.78 is 0. The van der Waals surface area contributed by atoms with E-state index in [9.17, 15) is 10.1 Å². The molecule has 4 aromatic rings. The van der Waals surface area contributed by atoms with E-state index >= 15 is 0 Å². The van der Waals surface area contributed by atoms with Gasteiger partial charge in [-0.05, 0) is 54.8 Å². The molecule has 0 atom stereocenters. The third-order valence-electron chi connectivity index (χ3n) is 4.62. The summed E-state index contributed by atoms with van der Waals surface area (Å²) in [7, 11) is 0. The van der Waals surface area contributed by atoms with Crippen LogP contribution in [0.3, 0.4) is 0 Å². The fourth-order valence-corrected chi connectivity index (χ4v) is 4.07. The number of non-ortho nitro benzene ring substituents is 1. The second-order valence-corrected chi connectivity index (χ2v) is 7.81. The molecule has 0 N–H and O–H groups in total. The third kappa shape index (κ3) is 4.16. The lowest BCUT2D eigenvalue weighted by atomic mass is 10.0. The molecule has 2 aromatic carbocycles. The summed E-state index contributed by atoms with van der Waals surface area (Å²) in [6.45, 7) is 4.11. The summed E-state index contributed by atoms with van der Waals surface area (Å²) >= 11 is 1.46. The highest BCUT2D eigenvalue weighted by molar-refractivity contribution is 7.19. The van der Waals surface area contributed by atoms with Gasteiger partial charge in [-0.2, -0.15) is 0 Å². The molecule has 0 bridgehead atoms. The van der Waals surface area contributed by atoms with Crippen LogP contribution in [-0.4, -0.2) is 21.1 Å². The van der Waals surface area contributed by atoms with Crippen molar-refractivity contribution in [1.29, 1.82) is 0 Å². The Morgan fingerprint density at radius 3 is 2.43 bits per heavy atom. The Morgan fingerprint density at radius 1 is 1.03 bits per heavy atom. The summed E-state index contributed by atoms with van der Waals surface area (Å²) in [5, 5.41) is 11.6. The average Bonchev–Trinajstić information content (AvgIpc) is 3.17. The quantitative estimate of drug-likeness (QED) is 0.223. The maximum atomic E-state index is 11.0. The molecule has 30 heavy (non-hydrogen) atoms. The molecular weight excluding hydrogens is 396 g/mol. The van der Waals surface area contributed by atoms with E-state index in [0.717, 1.165) is 32.8 Å². The van der Waals surface area contributed by atoms with Gasteiger partial charge in [-0.3, -0.25) is 15.1 Å². The number of nitro groups is 1. The van der Waals surface area contributed by atoms with Crippen molar-refractivity contribution in [3.63, 3.8) is 0 Å². The minimum absolute atomic E-state index is 0.0623. The van der Waals surface area contributed by atoms with Crippen molar-refractivity contribution in [2.24, 2.45) is 4.99 Å². The SMILES string of the molecule is Cc1ccc(-c2nc(N=Cc3ccncc3)sc2-c2ccc([N+](=O)[O-])cc2)c(C)c1. The Labute approximate surface area is 177 Å². The van der Waals surface area contributed by atoms with E-state index in [1.165, 1.54) is 29.0 Å². The summed E-state index contributed by atoms with van der Waals surface area (Å²) in [5.41, 5.74) is 6.02. The number of hydrogen-bond donors (Lipinski definition) is 0. The van der Waals surface area contributed by atoms with Crippen molar-refractivity contribution >= 4 is 28.4 Å². The van der Waals surface area contributed by atoms with Crippen LogP contribution in [0.2, 0.25) is 0 Å². The molecule has 4 rings (SSSR count). The van der Waals surface area contributed by atoms with Crippen molar-refractivity contribution in [3.05, 3.63) is 93.8 Å². The highest BCUT2D eigenvalue weighted by atomic mass is 32.1. The molecule has 0 spiro atoms. The molecule has 0 radical (unpaired) electrons. The van der Waals surface area contributed by atoms with E-state index in [0.29, 0.717) is 5.13 Å². The van der Waals surface area contributed by atoms with Gasteiger partial charge in [0.2, 0.25) is 5.13 Å². The van der Waals surface area contributed by atoms with Gasteiger partial charge in [-0.25, -0.2) is 9.98 Å². The number of thiazole rings is 1. The molecule has 0 amide bonds. The Kier molecular flexibility index (Phi) is 5.45. The van der Waals surface area contributed by atoms with Crippen molar-refractivity contribution in [2.75, 3.05) is 0 Å². The standard InChI is InChI=1S/C23H18N4O2S/c1-15-3-8-20(16(2)13-15)21-22(18-4-6-19(7-5-18)27(28)29)30-23(26-21)25-14-17-9-11-24-12-10-17/h3-14H,1-2H3. The van der Waals surface area contributed by atoms with Gasteiger partial charge in [0.1, 0.15) is 0 Å². The molecule has 0 aliphatic rings. The van der Waals surface area contributed by atoms with Crippen LogP contribution in [0.25, 0.3) is 21.7 Å². The van der Waals surface area contributed by atoms with E-state index < -0.39 is 4.92 Å². The van der Waals surface area contributed by atoms with E-state index in [-0.39, 0.29) is 5.69 Å². The van der Waals surface area contributed by atoms with Crippen LogP contribution in [-0.2, 0) is 0 Å². The van der Waals surface area contributed by atoms with Crippen LogP contribution in [0.5, 0.6) is 0 Å². The molecular formula is C23H18N4O2S. The van der Waals surface area contributed by atoms with E-state index in [4.69, 9.17) is 4.98 Å². The number of pyridine rings is 1. The first-order valence-corrected chi connectivity index (χ1v) is 10.1. The lowest BCUT2D eigenvalue weighted by Gasteiger charge is -2.07. The first kappa shape index (κ1) is 19.6. The van der Waals surface area contributed by atoms with Crippen LogP contribution in [0.1, 0.15) is 16.7 Å². The second kappa shape index (κ2) is 8.34. The number of aromatic nitrogens is 2. The van der Waals surface area contributed by atoms with Crippen LogP contribution >= 0.6 is 11.3 Å². The summed E-state index contributed by atoms with van der Waals surface area (Å²) in [5.74, 6) is 0. The molecule has 6 nitrogen and oxygen atoms in total. The topological polar surface area (TPSA) is 81.3 Å². The number of hydrogen-bond acceptors (Lipinski definition) is 6. The van der Waals surface area contributed by atoms with Crippen LogP contribution in [0, 0.1) is 24.0 Å². The molecule has 0 unspecified atom stereocenters. The molecule has 0 fully saturated rings. The third-order valence-corrected chi connectivity index (χ3v) is 5.64. The van der Waals surface area contributed by atoms with E-state index in [1.54, 1.807) is 30.7 Å². The minimum atomic E-state index is -0.397. The lowest BCUT2D eigenvalue weighted by Crippen LogP contribution is -1.89. The molecule has 0 aliphatic heterocycles. The maximum absolute atomic E-state index is 11.0. The number of aryl methyl sites for hydroxylation is 2. The highest BCUT2D eigenvalue weighted by Crippen LogP contribution is 2.41. The molecule has 7 heteroatoms. The summed E-state index contributed by atoms with van der Waals surface area (Å²) in [6, 6.07) is 16.5. The van der Waals surface area contributed by atoms with Gasteiger partial charge in [0.25, 0.3) is 5.69 Å². The second-order valence-electron chi connectivity index (χ2n) is 6.84. The Bertz CT molecular complexity index is 1230. The Morgan fingerprint density at radius 2 is 1.77 bits per heavy atom. The van der Waals surface area contributed by atoms with Crippen molar-refractivity contribution < 1.29 is 4.92 Å². The van der Waals surface area contributed by atoms with Gasteiger partial charge in [0.05, 0.1) is 15.5 Å². The highest BCUT2D eigenvalue weighted by Gasteiger charge is 2.17. The van der Waals surface area contributed by atoms with E-state index in [1.807, 2.05) is 12.1 Å². The van der Waals surface area contributed by atoms with Gasteiger partial charge in [0, 0.05) is 36.3 Å². The first-order valence-electron chi connectivity index (χ1n) is 9.28. The molecule has 2 aromatic heterocycles. The zero-order valence-corrected chi connectivity index (χ0v) is 17.3. The number of aliphatic imine (C=N–C) groups is 1. The van der Waals surface area contributed by atoms with E-state index in [2.05, 4.69) is 42.0 Å². The van der Waals surface area contributed by atoms with Crippen LogP contribution in [0.4, 0.5) is 10.8 Å². The Hall–Kier alpha value is -3.71. The van der Waals surface area contributed by atoms with Gasteiger partial charge in [-0.1, -0.05) is 35.1 Å². The zero-order chi connectivity index (χ0) is 21.1. The predicted octanol–water partition coefficient (Wildman–Crippen LogP) is 6.15. The fraction of sp³-hybridized carbons (Fsp3) is 0.0870. The normalized spacial score (nSPS) is 11.1. The van der Waals surface area contributed by atoms with Crippen LogP contribution in [0.15, 0.2) is 72.0 Å². The average molecular weight is 414 g/mol. The lowest BCUT2D eigenvalue weighted by molar-refractivity contribution is -0.384.